The van der Waals surface area contributed by atoms with Crippen LogP contribution in [0.2, 0.25) is 0 Å². The summed E-state index contributed by atoms with van der Waals surface area (Å²) in [5, 5.41) is 11.5. The minimum absolute atomic E-state index is 0.0723. The van der Waals surface area contributed by atoms with E-state index in [1.54, 1.807) is 10.7 Å². The molecule has 1 aliphatic heterocycles. The lowest BCUT2D eigenvalue weighted by Gasteiger charge is -2.27. The minimum Gasteiger partial charge on any atom is -0.339 e. The second-order valence-corrected chi connectivity index (χ2v) is 11.1. The Labute approximate surface area is 236 Å². The molecule has 4 rings (SSSR count). The summed E-state index contributed by atoms with van der Waals surface area (Å²) in [6.07, 6.45) is 2.28. The van der Waals surface area contributed by atoms with Crippen molar-refractivity contribution in [3.8, 4) is 0 Å². The molecule has 0 spiro atoms. The second kappa shape index (κ2) is 12.5. The van der Waals surface area contributed by atoms with Crippen molar-refractivity contribution >= 4 is 23.5 Å². The minimum atomic E-state index is -4.60. The molecule has 224 valence electrons. The number of alkyl halides is 3. The van der Waals surface area contributed by atoms with Crippen molar-refractivity contribution in [2.45, 2.75) is 89.6 Å². The van der Waals surface area contributed by atoms with E-state index in [-0.39, 0.29) is 23.2 Å². The standard InChI is InChI=1S/C28H36F4N6O3/c1-16(2)38-22(12-13-33-38)25(39)36-24(18-8-6-4-5-7-9-18)26(40)34-21-11-10-19(14-20(21)29)17(3)37-15-23(28(30,31)32)35-27(37)41/h10-14,16-18,23-24H,4-9,15H2,1-3H3,(H,34,40)(H,35,41)(H,36,39)/t17-,23-,24-/m0/s1. The van der Waals surface area contributed by atoms with Crippen LogP contribution in [0, 0.1) is 11.7 Å². The van der Waals surface area contributed by atoms with Crippen LogP contribution in [-0.2, 0) is 4.79 Å². The summed E-state index contributed by atoms with van der Waals surface area (Å²) < 4.78 is 56.0. The Kier molecular flexibility index (Phi) is 9.23. The first kappa shape index (κ1) is 30.3. The number of hydrogen-bond donors (Lipinski definition) is 3. The first-order valence-electron chi connectivity index (χ1n) is 13.9. The van der Waals surface area contributed by atoms with Gasteiger partial charge in [0.25, 0.3) is 5.91 Å². The van der Waals surface area contributed by atoms with Crippen molar-refractivity contribution in [3.63, 3.8) is 0 Å². The van der Waals surface area contributed by atoms with E-state index in [9.17, 15) is 27.6 Å². The molecule has 4 amide bonds. The van der Waals surface area contributed by atoms with Gasteiger partial charge < -0.3 is 20.9 Å². The van der Waals surface area contributed by atoms with E-state index in [0.717, 1.165) is 49.5 Å². The molecule has 2 fully saturated rings. The van der Waals surface area contributed by atoms with Gasteiger partial charge in [0.15, 0.2) is 0 Å². The molecule has 1 saturated heterocycles. The number of rotatable bonds is 8. The Balaban J connectivity index is 1.51. The molecule has 2 aliphatic rings. The van der Waals surface area contributed by atoms with Crippen LogP contribution in [0.15, 0.2) is 30.5 Å². The zero-order chi connectivity index (χ0) is 29.9. The molecule has 1 aliphatic carbocycles. The molecule has 0 radical (unpaired) electrons. The quantitative estimate of drug-likeness (QED) is 0.290. The third-order valence-electron chi connectivity index (χ3n) is 7.87. The average molecular weight is 581 g/mol. The summed E-state index contributed by atoms with van der Waals surface area (Å²) in [7, 11) is 0. The van der Waals surface area contributed by atoms with Gasteiger partial charge in [0.1, 0.15) is 23.6 Å². The molecule has 2 heterocycles. The zero-order valence-electron chi connectivity index (χ0n) is 23.3. The molecule has 2 aromatic rings. The molecular weight excluding hydrogens is 544 g/mol. The molecular formula is C28H36F4N6O3. The Morgan fingerprint density at radius 1 is 1.07 bits per heavy atom. The highest BCUT2D eigenvalue weighted by Gasteiger charge is 2.48. The summed E-state index contributed by atoms with van der Waals surface area (Å²) >= 11 is 0. The van der Waals surface area contributed by atoms with Crippen LogP contribution in [0.3, 0.4) is 0 Å². The fourth-order valence-corrected chi connectivity index (χ4v) is 5.52. The van der Waals surface area contributed by atoms with Gasteiger partial charge in [0, 0.05) is 12.2 Å². The molecule has 3 N–H and O–H groups in total. The monoisotopic (exact) mass is 580 g/mol. The van der Waals surface area contributed by atoms with Crippen molar-refractivity contribution in [3.05, 3.63) is 47.5 Å². The van der Waals surface area contributed by atoms with Gasteiger partial charge in [-0.1, -0.05) is 31.7 Å². The van der Waals surface area contributed by atoms with E-state index in [1.807, 2.05) is 19.2 Å². The summed E-state index contributed by atoms with van der Waals surface area (Å²) in [4.78, 5) is 39.9. The number of nitrogens with one attached hydrogen (secondary N) is 3. The number of nitrogens with zero attached hydrogens (tertiary/aromatic N) is 3. The number of aromatic nitrogens is 2. The number of amides is 4. The first-order chi connectivity index (χ1) is 19.4. The van der Waals surface area contributed by atoms with Gasteiger partial charge in [-0.3, -0.25) is 14.3 Å². The fourth-order valence-electron chi connectivity index (χ4n) is 5.52. The molecule has 13 heteroatoms. The molecule has 3 atom stereocenters. The largest absolute Gasteiger partial charge is 0.410 e. The summed E-state index contributed by atoms with van der Waals surface area (Å²) in [6.45, 7) is 4.68. The molecule has 41 heavy (non-hydrogen) atoms. The van der Waals surface area contributed by atoms with Gasteiger partial charge in [0.2, 0.25) is 5.91 Å². The van der Waals surface area contributed by atoms with Crippen LogP contribution in [0.5, 0.6) is 0 Å². The Hall–Kier alpha value is -3.64. The number of urea groups is 1. The normalized spacial score (nSPS) is 20.0. The van der Waals surface area contributed by atoms with Crippen molar-refractivity contribution in [2.75, 3.05) is 11.9 Å². The van der Waals surface area contributed by atoms with E-state index in [4.69, 9.17) is 0 Å². The van der Waals surface area contributed by atoms with Gasteiger partial charge in [-0.2, -0.15) is 18.3 Å². The second-order valence-electron chi connectivity index (χ2n) is 11.1. The number of carbonyl (C=O) groups excluding carboxylic acids is 3. The number of benzene rings is 1. The Morgan fingerprint density at radius 3 is 2.34 bits per heavy atom. The maximum absolute atomic E-state index is 15.2. The lowest BCUT2D eigenvalue weighted by atomic mass is 9.91. The average Bonchev–Trinajstić information content (AvgIpc) is 3.47. The molecule has 9 nitrogen and oxygen atoms in total. The summed E-state index contributed by atoms with van der Waals surface area (Å²) in [5.74, 6) is -1.97. The van der Waals surface area contributed by atoms with Crippen LogP contribution < -0.4 is 16.0 Å². The lowest BCUT2D eigenvalue weighted by molar-refractivity contribution is -0.150. The SMILES string of the molecule is CC(C)n1nccc1C(=O)N[C@H](C(=O)Nc1ccc([C@H](C)N2C[C@@H](C(F)(F)F)NC2=O)cc1F)C1CCCCCC1. The predicted octanol–water partition coefficient (Wildman–Crippen LogP) is 5.33. The first-order valence-corrected chi connectivity index (χ1v) is 13.9. The Morgan fingerprint density at radius 2 is 1.76 bits per heavy atom. The molecule has 1 aromatic carbocycles. The van der Waals surface area contributed by atoms with Gasteiger partial charge in [0.05, 0.1) is 18.3 Å². The van der Waals surface area contributed by atoms with E-state index in [0.29, 0.717) is 5.69 Å². The zero-order valence-corrected chi connectivity index (χ0v) is 23.3. The molecule has 0 unspecified atom stereocenters. The molecule has 1 saturated carbocycles. The number of halogens is 4. The Bertz CT molecular complexity index is 1260. The van der Waals surface area contributed by atoms with Crippen molar-refractivity contribution in [2.24, 2.45) is 5.92 Å². The van der Waals surface area contributed by atoms with Crippen LogP contribution in [-0.4, -0.2) is 57.3 Å². The summed E-state index contributed by atoms with van der Waals surface area (Å²) in [6, 6.07) is 0.716. The topological polar surface area (TPSA) is 108 Å². The van der Waals surface area contributed by atoms with Crippen molar-refractivity contribution in [1.82, 2.24) is 25.3 Å². The van der Waals surface area contributed by atoms with E-state index in [2.05, 4.69) is 15.7 Å². The molecule has 1 aromatic heterocycles. The highest BCUT2D eigenvalue weighted by Crippen LogP contribution is 2.31. The smallest absolute Gasteiger partial charge is 0.339 e. The van der Waals surface area contributed by atoms with Crippen molar-refractivity contribution in [1.29, 1.82) is 0 Å². The highest BCUT2D eigenvalue weighted by molar-refractivity contribution is 6.00. The third-order valence-corrected chi connectivity index (χ3v) is 7.87. The number of anilines is 1. The van der Waals surface area contributed by atoms with E-state index in [1.165, 1.54) is 25.3 Å². The maximum atomic E-state index is 15.2. The number of hydrogen-bond acceptors (Lipinski definition) is 4. The van der Waals surface area contributed by atoms with Gasteiger partial charge in [-0.25, -0.2) is 9.18 Å². The van der Waals surface area contributed by atoms with Crippen LogP contribution in [0.4, 0.5) is 28.0 Å². The van der Waals surface area contributed by atoms with Gasteiger partial charge in [-0.15, -0.1) is 0 Å². The maximum Gasteiger partial charge on any atom is 0.410 e. The third kappa shape index (κ3) is 6.99. The van der Waals surface area contributed by atoms with Crippen molar-refractivity contribution < 1.29 is 31.9 Å². The summed E-state index contributed by atoms with van der Waals surface area (Å²) in [5.41, 5.74) is 0.453. The van der Waals surface area contributed by atoms with Gasteiger partial charge >= 0.3 is 12.2 Å². The van der Waals surface area contributed by atoms with Gasteiger partial charge in [-0.05, 0) is 63.3 Å². The van der Waals surface area contributed by atoms with E-state index < -0.39 is 54.5 Å². The fraction of sp³-hybridized carbons (Fsp3) is 0.571. The number of carbonyl (C=O) groups is 3. The highest BCUT2D eigenvalue weighted by atomic mass is 19.4. The van der Waals surface area contributed by atoms with Crippen LogP contribution in [0.1, 0.15) is 87.4 Å². The lowest BCUT2D eigenvalue weighted by Crippen LogP contribution is -2.49. The predicted molar refractivity (Wildman–Crippen MR) is 144 cm³/mol. The van der Waals surface area contributed by atoms with Crippen LogP contribution in [0.25, 0.3) is 0 Å². The molecule has 0 bridgehead atoms. The van der Waals surface area contributed by atoms with E-state index >= 15 is 4.39 Å². The van der Waals surface area contributed by atoms with Crippen LogP contribution >= 0.6 is 0 Å².